The Morgan fingerprint density at radius 3 is 2.36 bits per heavy atom. The Bertz CT molecular complexity index is 733. The van der Waals surface area contributed by atoms with Crippen LogP contribution in [0.3, 0.4) is 0 Å². The fourth-order valence-electron chi connectivity index (χ4n) is 1.88. The van der Waals surface area contributed by atoms with Gasteiger partial charge < -0.3 is 21.5 Å². The van der Waals surface area contributed by atoms with E-state index in [0.717, 1.165) is 0 Å². The maximum atomic E-state index is 11.9. The third kappa shape index (κ3) is 6.22. The summed E-state index contributed by atoms with van der Waals surface area (Å²) >= 11 is 5.76. The summed E-state index contributed by atoms with van der Waals surface area (Å²) in [5, 5.41) is 3.26. The predicted octanol–water partition coefficient (Wildman–Crippen LogP) is 0.943. The number of nitrogen functional groups attached to an aromatic ring is 2. The maximum Gasteiger partial charge on any atom is 0.306 e. The van der Waals surface area contributed by atoms with Gasteiger partial charge in [0.25, 0.3) is 5.91 Å². The van der Waals surface area contributed by atoms with E-state index in [4.69, 9.17) is 27.8 Å². The fraction of sp³-hybridized carbons (Fsp3) is 0.267. The Hall–Kier alpha value is -2.94. The van der Waals surface area contributed by atoms with Crippen LogP contribution in [-0.4, -0.2) is 33.4 Å². The Morgan fingerprint density at radius 2 is 1.72 bits per heavy atom. The van der Waals surface area contributed by atoms with Crippen LogP contribution in [0.1, 0.15) is 29.0 Å². The summed E-state index contributed by atoms with van der Waals surface area (Å²) in [6.07, 6.45) is 0.566. The Labute approximate surface area is 148 Å². The van der Waals surface area contributed by atoms with Crippen LogP contribution in [-0.2, 0) is 16.1 Å². The molecule has 0 aliphatic heterocycles. The van der Waals surface area contributed by atoms with Gasteiger partial charge in [0.1, 0.15) is 0 Å². The minimum atomic E-state index is -0.446. The molecule has 1 aromatic heterocycles. The van der Waals surface area contributed by atoms with Crippen molar-refractivity contribution in [1.29, 1.82) is 0 Å². The standard InChI is InChI=1S/C15H17ClN6O3/c16-10-5-3-9(4-6-10)13(24)19-7-1-2-12(23)25-8-11-20-14(17)22-15(18)21-11/h3-6H,1-2,7-8H2,(H,19,24)(H4,17,18,20,21,22). The van der Waals surface area contributed by atoms with Gasteiger partial charge in [0.2, 0.25) is 11.9 Å². The molecule has 5 N–H and O–H groups in total. The second-order valence-electron chi connectivity index (χ2n) is 5.00. The summed E-state index contributed by atoms with van der Waals surface area (Å²) in [7, 11) is 0. The number of carbonyl (C=O) groups excluding carboxylic acids is 2. The van der Waals surface area contributed by atoms with E-state index in [1.54, 1.807) is 24.3 Å². The zero-order valence-electron chi connectivity index (χ0n) is 13.2. The summed E-state index contributed by atoms with van der Waals surface area (Å²) in [4.78, 5) is 34.7. The van der Waals surface area contributed by atoms with Crippen molar-refractivity contribution < 1.29 is 14.3 Å². The van der Waals surface area contributed by atoms with Gasteiger partial charge >= 0.3 is 5.97 Å². The van der Waals surface area contributed by atoms with Gasteiger partial charge in [0.05, 0.1) is 0 Å². The SMILES string of the molecule is Nc1nc(N)nc(COC(=O)CCCNC(=O)c2ccc(Cl)cc2)n1. The molecular formula is C15H17ClN6O3. The first-order chi connectivity index (χ1) is 11.9. The molecule has 1 heterocycles. The van der Waals surface area contributed by atoms with Crippen molar-refractivity contribution in [3.8, 4) is 0 Å². The van der Waals surface area contributed by atoms with Crippen molar-refractivity contribution in [2.75, 3.05) is 18.0 Å². The first-order valence-corrected chi connectivity index (χ1v) is 7.77. The molecule has 1 aromatic carbocycles. The monoisotopic (exact) mass is 364 g/mol. The highest BCUT2D eigenvalue weighted by atomic mass is 35.5. The van der Waals surface area contributed by atoms with Gasteiger partial charge in [-0.15, -0.1) is 0 Å². The number of ether oxygens (including phenoxy) is 1. The lowest BCUT2D eigenvalue weighted by Gasteiger charge is -2.06. The summed E-state index contributed by atoms with van der Waals surface area (Å²) in [6, 6.07) is 6.51. The van der Waals surface area contributed by atoms with Crippen LogP contribution in [0.5, 0.6) is 0 Å². The lowest BCUT2D eigenvalue weighted by Crippen LogP contribution is -2.25. The van der Waals surface area contributed by atoms with E-state index in [-0.39, 0.29) is 36.7 Å². The third-order valence-corrected chi connectivity index (χ3v) is 3.28. The predicted molar refractivity (Wildman–Crippen MR) is 91.5 cm³/mol. The number of hydrogen-bond acceptors (Lipinski definition) is 8. The molecule has 0 aliphatic rings. The molecule has 0 fully saturated rings. The molecule has 0 bridgehead atoms. The average molecular weight is 365 g/mol. The molecule has 0 atom stereocenters. The van der Waals surface area contributed by atoms with Crippen molar-refractivity contribution in [3.63, 3.8) is 0 Å². The second kappa shape index (κ2) is 8.78. The van der Waals surface area contributed by atoms with Crippen LogP contribution in [0.25, 0.3) is 0 Å². The van der Waals surface area contributed by atoms with Gasteiger partial charge in [-0.1, -0.05) is 11.6 Å². The molecule has 0 radical (unpaired) electrons. The van der Waals surface area contributed by atoms with Crippen molar-refractivity contribution in [3.05, 3.63) is 40.7 Å². The van der Waals surface area contributed by atoms with Crippen molar-refractivity contribution in [1.82, 2.24) is 20.3 Å². The van der Waals surface area contributed by atoms with Crippen LogP contribution in [0.2, 0.25) is 5.02 Å². The van der Waals surface area contributed by atoms with E-state index in [1.165, 1.54) is 0 Å². The van der Waals surface area contributed by atoms with Gasteiger partial charge in [0.15, 0.2) is 12.4 Å². The van der Waals surface area contributed by atoms with Crippen LogP contribution in [0.4, 0.5) is 11.9 Å². The number of benzene rings is 1. The smallest absolute Gasteiger partial charge is 0.306 e. The van der Waals surface area contributed by atoms with Crippen LogP contribution in [0, 0.1) is 0 Å². The van der Waals surface area contributed by atoms with E-state index < -0.39 is 5.97 Å². The number of esters is 1. The van der Waals surface area contributed by atoms with E-state index in [0.29, 0.717) is 23.6 Å². The van der Waals surface area contributed by atoms with Gasteiger partial charge in [-0.05, 0) is 30.7 Å². The number of nitrogens with one attached hydrogen (secondary N) is 1. The van der Waals surface area contributed by atoms with Crippen molar-refractivity contribution in [2.24, 2.45) is 0 Å². The molecule has 0 saturated heterocycles. The summed E-state index contributed by atoms with van der Waals surface area (Å²) in [5.74, 6) is -0.583. The number of halogens is 1. The minimum Gasteiger partial charge on any atom is -0.457 e. The third-order valence-electron chi connectivity index (χ3n) is 3.03. The largest absolute Gasteiger partial charge is 0.457 e. The Morgan fingerprint density at radius 1 is 1.08 bits per heavy atom. The molecule has 2 aromatic rings. The zero-order chi connectivity index (χ0) is 18.2. The minimum absolute atomic E-state index is 0.0385. The van der Waals surface area contributed by atoms with Crippen molar-refractivity contribution >= 4 is 35.4 Å². The normalized spacial score (nSPS) is 10.3. The van der Waals surface area contributed by atoms with Gasteiger partial charge in [-0.2, -0.15) is 15.0 Å². The molecule has 25 heavy (non-hydrogen) atoms. The lowest BCUT2D eigenvalue weighted by molar-refractivity contribution is -0.145. The van der Waals surface area contributed by atoms with Crippen LogP contribution in [0.15, 0.2) is 24.3 Å². The zero-order valence-corrected chi connectivity index (χ0v) is 14.0. The Balaban J connectivity index is 1.66. The quantitative estimate of drug-likeness (QED) is 0.486. The fourth-order valence-corrected chi connectivity index (χ4v) is 2.00. The van der Waals surface area contributed by atoms with Gasteiger partial charge in [-0.25, -0.2) is 0 Å². The van der Waals surface area contributed by atoms with Gasteiger partial charge in [0, 0.05) is 23.6 Å². The van der Waals surface area contributed by atoms with Crippen LogP contribution >= 0.6 is 11.6 Å². The molecule has 1 amide bonds. The first-order valence-electron chi connectivity index (χ1n) is 7.39. The van der Waals surface area contributed by atoms with Crippen LogP contribution < -0.4 is 16.8 Å². The highest BCUT2D eigenvalue weighted by Gasteiger charge is 2.08. The molecule has 10 heteroatoms. The summed E-state index contributed by atoms with van der Waals surface area (Å²) in [5.41, 5.74) is 11.3. The van der Waals surface area contributed by atoms with E-state index in [2.05, 4.69) is 20.3 Å². The number of anilines is 2. The summed E-state index contributed by atoms with van der Waals surface area (Å²) in [6.45, 7) is 0.190. The van der Waals surface area contributed by atoms with E-state index >= 15 is 0 Å². The molecule has 0 aliphatic carbocycles. The first kappa shape index (κ1) is 18.4. The number of nitrogens with zero attached hydrogens (tertiary/aromatic N) is 3. The lowest BCUT2D eigenvalue weighted by atomic mass is 10.2. The highest BCUT2D eigenvalue weighted by molar-refractivity contribution is 6.30. The molecular weight excluding hydrogens is 348 g/mol. The van der Waals surface area contributed by atoms with Gasteiger partial charge in [-0.3, -0.25) is 9.59 Å². The molecule has 0 spiro atoms. The molecule has 0 saturated carbocycles. The number of nitrogens with two attached hydrogens (primary N) is 2. The average Bonchev–Trinajstić information content (AvgIpc) is 2.56. The molecule has 9 nitrogen and oxygen atoms in total. The summed E-state index contributed by atoms with van der Waals surface area (Å²) < 4.78 is 5.01. The van der Waals surface area contributed by atoms with Crippen molar-refractivity contribution in [2.45, 2.75) is 19.4 Å². The maximum absolute atomic E-state index is 11.9. The number of rotatable bonds is 7. The van der Waals surface area contributed by atoms with E-state index in [9.17, 15) is 9.59 Å². The topological polar surface area (TPSA) is 146 Å². The number of carbonyl (C=O) groups is 2. The molecule has 0 unspecified atom stereocenters. The van der Waals surface area contributed by atoms with E-state index in [1.807, 2.05) is 0 Å². The Kier molecular flexibility index (Phi) is 6.47. The molecule has 132 valence electrons. The highest BCUT2D eigenvalue weighted by Crippen LogP contribution is 2.09. The second-order valence-corrected chi connectivity index (χ2v) is 5.43. The number of amides is 1. The number of aromatic nitrogens is 3. The number of hydrogen-bond donors (Lipinski definition) is 3. The molecule has 2 rings (SSSR count).